The number of halogens is 3. The van der Waals surface area contributed by atoms with Crippen LogP contribution >= 0.6 is 19.3 Å². The number of benzene rings is 1. The molecule has 0 amide bonds. The van der Waals surface area contributed by atoms with Crippen LogP contribution in [-0.4, -0.2) is 51.1 Å². The number of anilines is 1. The normalized spacial score (nSPS) is 32.3. The van der Waals surface area contributed by atoms with Crippen molar-refractivity contribution in [2.45, 2.75) is 30.5 Å². The molecule has 3 heterocycles. The van der Waals surface area contributed by atoms with Crippen molar-refractivity contribution in [1.29, 1.82) is 0 Å². The summed E-state index contributed by atoms with van der Waals surface area (Å²) in [5.74, 6) is -4.08. The first-order valence-electron chi connectivity index (χ1n) is 9.01. The van der Waals surface area contributed by atoms with Gasteiger partial charge in [-0.3, -0.25) is 18.7 Å². The van der Waals surface area contributed by atoms with E-state index in [2.05, 4.69) is 10.1 Å². The van der Waals surface area contributed by atoms with E-state index < -0.39 is 50.5 Å². The maximum atomic E-state index is 14.2. The van der Waals surface area contributed by atoms with Crippen LogP contribution in [0.4, 0.5) is 14.6 Å². The second kappa shape index (κ2) is 8.21. The molecule has 2 fully saturated rings. The summed E-state index contributed by atoms with van der Waals surface area (Å²) in [6.07, 6.45) is -5.79. The van der Waals surface area contributed by atoms with Crippen LogP contribution in [0.3, 0.4) is 0 Å². The van der Waals surface area contributed by atoms with Crippen LogP contribution in [0, 0.1) is 0 Å². The van der Waals surface area contributed by atoms with E-state index in [9.17, 15) is 23.2 Å². The van der Waals surface area contributed by atoms with Crippen molar-refractivity contribution in [3.63, 3.8) is 0 Å². The Morgan fingerprint density at radius 3 is 2.81 bits per heavy atom. The average Bonchev–Trinajstić information content (AvgIpc) is 3.20. The number of aliphatic hydroxyl groups is 2. The van der Waals surface area contributed by atoms with Gasteiger partial charge in [0.25, 0.3) is 0 Å². The monoisotopic (exact) mass is 479 g/mol. The summed E-state index contributed by atoms with van der Waals surface area (Å²) in [7, 11) is -3.90. The molecule has 5 atom stereocenters. The highest BCUT2D eigenvalue weighted by Crippen LogP contribution is 2.57. The summed E-state index contributed by atoms with van der Waals surface area (Å²) in [5.41, 5.74) is -0.536. The van der Waals surface area contributed by atoms with Crippen molar-refractivity contribution in [1.82, 2.24) is 9.55 Å². The lowest BCUT2D eigenvalue weighted by molar-refractivity contribution is -0.140. The van der Waals surface area contributed by atoms with E-state index in [1.807, 2.05) is 0 Å². The molecule has 0 spiro atoms. The molecule has 0 aliphatic carbocycles. The largest absolute Gasteiger partial charge is 0.434 e. The van der Waals surface area contributed by atoms with Crippen LogP contribution in [0.25, 0.3) is 0 Å². The first kappa shape index (κ1) is 22.3. The number of nitrogens with zero attached hydrogens (tertiary/aromatic N) is 2. The first-order chi connectivity index (χ1) is 14.6. The zero-order valence-electron chi connectivity index (χ0n) is 15.6. The summed E-state index contributed by atoms with van der Waals surface area (Å²) in [5, 5.41) is 21.5. The minimum absolute atomic E-state index is 0.0513. The van der Waals surface area contributed by atoms with Crippen molar-refractivity contribution >= 4 is 25.2 Å². The molecule has 2 aliphatic rings. The zero-order valence-corrected chi connectivity index (χ0v) is 17.2. The third-order valence-electron chi connectivity index (χ3n) is 4.78. The quantitative estimate of drug-likeness (QED) is 0.551. The fraction of sp³-hybridized carbons (Fsp3) is 0.412. The summed E-state index contributed by atoms with van der Waals surface area (Å²) in [6.45, 7) is -0.912. The van der Waals surface area contributed by atoms with Crippen molar-refractivity contribution < 1.29 is 37.3 Å². The molecule has 2 unspecified atom stereocenters. The number of nitrogens with one attached hydrogen (secondary N) is 1. The van der Waals surface area contributed by atoms with E-state index in [4.69, 9.17) is 30.5 Å². The molecule has 0 bridgehead atoms. The topological polar surface area (TPSA) is 132 Å². The average molecular weight is 480 g/mol. The smallest absolute Gasteiger partial charge is 0.394 e. The molecule has 1 aromatic heterocycles. The Labute approximate surface area is 178 Å². The highest BCUT2D eigenvalue weighted by molar-refractivity contribution is 7.55. The lowest BCUT2D eigenvalue weighted by atomic mass is 10.1. The summed E-state index contributed by atoms with van der Waals surface area (Å²) in [6, 6.07) is 7.79. The van der Waals surface area contributed by atoms with E-state index in [1.165, 1.54) is 0 Å². The van der Waals surface area contributed by atoms with E-state index in [0.717, 1.165) is 12.3 Å². The summed E-state index contributed by atoms with van der Waals surface area (Å²) < 4.78 is 57.3. The van der Waals surface area contributed by atoms with Gasteiger partial charge in [0.15, 0.2) is 6.10 Å². The maximum Gasteiger partial charge on any atom is 0.434 e. The Morgan fingerprint density at radius 1 is 1.39 bits per heavy atom. The van der Waals surface area contributed by atoms with Gasteiger partial charge in [-0.15, -0.1) is 0 Å². The minimum atomic E-state index is -3.90. The lowest BCUT2D eigenvalue weighted by Crippen LogP contribution is -2.41. The number of aliphatic hydroxyl groups excluding tert-OH is 2. The molecule has 2 aliphatic heterocycles. The predicted molar refractivity (Wildman–Crippen MR) is 103 cm³/mol. The van der Waals surface area contributed by atoms with E-state index in [0.29, 0.717) is 15.2 Å². The Balaban J connectivity index is 1.50. The molecule has 3 N–H and O–H groups in total. The van der Waals surface area contributed by atoms with Crippen LogP contribution in [-0.2, 0) is 18.3 Å². The van der Waals surface area contributed by atoms with E-state index in [-0.39, 0.29) is 12.4 Å². The molecule has 14 heteroatoms. The third kappa shape index (κ3) is 4.24. The number of aromatic nitrogens is 2. The van der Waals surface area contributed by atoms with Crippen LogP contribution in [0.1, 0.15) is 17.9 Å². The molecule has 31 heavy (non-hydrogen) atoms. The van der Waals surface area contributed by atoms with Crippen molar-refractivity contribution in [3.8, 4) is 0 Å². The summed E-state index contributed by atoms with van der Waals surface area (Å²) in [4.78, 5) is 15.9. The van der Waals surface area contributed by atoms with Crippen molar-refractivity contribution in [2.75, 3.05) is 18.3 Å². The highest BCUT2D eigenvalue weighted by atomic mass is 35.5. The zero-order chi connectivity index (χ0) is 22.4. The minimum Gasteiger partial charge on any atom is -0.394 e. The van der Waals surface area contributed by atoms with Crippen LogP contribution in [0.15, 0.2) is 41.3 Å². The Hall–Kier alpha value is -1.92. The number of rotatable bonds is 5. The van der Waals surface area contributed by atoms with Gasteiger partial charge in [0.1, 0.15) is 18.0 Å². The fourth-order valence-electron chi connectivity index (χ4n) is 3.23. The van der Waals surface area contributed by atoms with Gasteiger partial charge >= 0.3 is 19.4 Å². The highest BCUT2D eigenvalue weighted by Gasteiger charge is 2.59. The maximum absolute atomic E-state index is 14.2. The number of alkyl halides is 2. The van der Waals surface area contributed by atoms with Gasteiger partial charge in [-0.2, -0.15) is 13.8 Å². The Kier molecular flexibility index (Phi) is 5.90. The Morgan fingerprint density at radius 2 is 2.16 bits per heavy atom. The van der Waals surface area contributed by atoms with Crippen LogP contribution in [0.5, 0.6) is 0 Å². The molecule has 2 saturated heterocycles. The number of hydrogen-bond acceptors (Lipinski definition) is 8. The molecule has 168 valence electrons. The fourth-order valence-corrected chi connectivity index (χ4v) is 4.86. The Bertz CT molecular complexity index is 1090. The molecular formula is C17H17ClF2N3O7P. The van der Waals surface area contributed by atoms with Gasteiger partial charge in [0, 0.05) is 11.2 Å². The molecule has 2 aromatic rings. The second-order valence-corrected chi connectivity index (χ2v) is 9.01. The van der Waals surface area contributed by atoms with Crippen LogP contribution in [0.2, 0.25) is 5.02 Å². The van der Waals surface area contributed by atoms with E-state index in [1.54, 1.807) is 24.3 Å². The molecular weight excluding hydrogens is 463 g/mol. The van der Waals surface area contributed by atoms with Gasteiger partial charge in [-0.25, -0.2) is 9.36 Å². The third-order valence-corrected chi connectivity index (χ3v) is 6.53. The molecule has 4 rings (SSSR count). The lowest BCUT2D eigenvalue weighted by Gasteiger charge is -2.21. The van der Waals surface area contributed by atoms with Gasteiger partial charge < -0.3 is 14.9 Å². The number of hydrogen-bond donors (Lipinski definition) is 3. The van der Waals surface area contributed by atoms with Crippen molar-refractivity contribution in [2.24, 2.45) is 0 Å². The van der Waals surface area contributed by atoms with Crippen molar-refractivity contribution in [3.05, 3.63) is 57.6 Å². The van der Waals surface area contributed by atoms with Gasteiger partial charge in [-0.05, 0) is 23.8 Å². The molecule has 0 radical (unpaired) electrons. The molecule has 10 nitrogen and oxygen atoms in total. The summed E-state index contributed by atoms with van der Waals surface area (Å²) >= 11 is 5.94. The molecule has 1 aromatic carbocycles. The van der Waals surface area contributed by atoms with Gasteiger partial charge in [0.05, 0.1) is 13.2 Å². The van der Waals surface area contributed by atoms with Gasteiger partial charge in [-0.1, -0.05) is 23.7 Å². The SMILES string of the molecule is O=c1nc(NP2(=O)OCC(c3cccc(Cl)c3)O2)ccn1[C@@H]1O[C@H](CO)[C@@H](O)C1(F)F. The first-order valence-corrected chi connectivity index (χ1v) is 10.9. The van der Waals surface area contributed by atoms with Crippen LogP contribution < -0.4 is 10.8 Å². The van der Waals surface area contributed by atoms with Gasteiger partial charge in [0.2, 0.25) is 6.23 Å². The number of ether oxygens (including phenoxy) is 1. The standard InChI is InChI=1S/C17H17ClF2N3O7P/c18-10-3-1-2-9(6-10)12-8-28-31(27,30-12)22-13-4-5-23(16(26)21-13)15-17(19,20)14(25)11(7-24)29-15/h1-6,11-12,14-15,24-25H,7-8H2,(H,21,22,26,27)/t11-,12?,14-,15-,31?/m1/s1. The molecule has 0 saturated carbocycles. The second-order valence-electron chi connectivity index (χ2n) is 6.89. The predicted octanol–water partition coefficient (Wildman–Crippen LogP) is 2.09. The van der Waals surface area contributed by atoms with E-state index >= 15 is 0 Å².